The summed E-state index contributed by atoms with van der Waals surface area (Å²) in [6, 6.07) is 0. The van der Waals surface area contributed by atoms with E-state index in [0.717, 1.165) is 42.8 Å². The van der Waals surface area contributed by atoms with Crippen LogP contribution >= 0.6 is 11.3 Å². The molecule has 122 valence electrons. The van der Waals surface area contributed by atoms with Gasteiger partial charge in [0.2, 0.25) is 0 Å². The van der Waals surface area contributed by atoms with Crippen molar-refractivity contribution in [3.05, 3.63) is 15.6 Å². The van der Waals surface area contributed by atoms with Crippen LogP contribution in [0.5, 0.6) is 0 Å². The zero-order valence-electron chi connectivity index (χ0n) is 13.3. The number of carboxylic acid groups (broad SMARTS) is 1. The number of carboxylic acids is 1. The summed E-state index contributed by atoms with van der Waals surface area (Å²) in [5.41, 5.74) is -0.0577. The van der Waals surface area contributed by atoms with Crippen LogP contribution in [0.25, 0.3) is 0 Å². The molecule has 5 nitrogen and oxygen atoms in total. The van der Waals surface area contributed by atoms with E-state index in [1.54, 1.807) is 0 Å². The number of aryl methyl sites for hydroxylation is 2. The fourth-order valence-corrected chi connectivity index (χ4v) is 4.09. The van der Waals surface area contributed by atoms with Gasteiger partial charge >= 0.3 is 5.97 Å². The van der Waals surface area contributed by atoms with E-state index in [2.05, 4.69) is 17.2 Å². The highest BCUT2D eigenvalue weighted by atomic mass is 32.1. The molecule has 1 aromatic rings. The molecule has 22 heavy (non-hydrogen) atoms. The number of rotatable bonds is 6. The first kappa shape index (κ1) is 16.9. The molecule has 0 radical (unpaired) electrons. The topological polar surface area (TPSA) is 79.3 Å². The zero-order chi connectivity index (χ0) is 16.2. The van der Waals surface area contributed by atoms with Gasteiger partial charge in [-0.1, -0.05) is 26.2 Å². The molecular formula is C16H24N2O3S. The number of hydrogen-bond donors (Lipinski definition) is 2. The van der Waals surface area contributed by atoms with E-state index >= 15 is 0 Å². The molecule has 1 aromatic heterocycles. The minimum Gasteiger partial charge on any atom is -0.481 e. The predicted molar refractivity (Wildman–Crippen MR) is 86.3 cm³/mol. The number of thiazole rings is 1. The van der Waals surface area contributed by atoms with Crippen LogP contribution in [0.15, 0.2) is 0 Å². The molecule has 6 heteroatoms. The molecule has 0 bridgehead atoms. The monoisotopic (exact) mass is 324 g/mol. The quantitative estimate of drug-likeness (QED) is 0.842. The van der Waals surface area contributed by atoms with E-state index in [-0.39, 0.29) is 12.5 Å². The highest BCUT2D eigenvalue weighted by Gasteiger charge is 2.40. The number of amides is 1. The first-order chi connectivity index (χ1) is 10.5. The molecule has 1 aliphatic rings. The molecule has 0 unspecified atom stereocenters. The smallest absolute Gasteiger partial charge is 0.311 e. The Morgan fingerprint density at radius 2 is 2.00 bits per heavy atom. The van der Waals surface area contributed by atoms with Gasteiger partial charge in [-0.2, -0.15) is 0 Å². The van der Waals surface area contributed by atoms with E-state index < -0.39 is 11.4 Å². The molecule has 0 aliphatic heterocycles. The van der Waals surface area contributed by atoms with E-state index in [0.29, 0.717) is 17.7 Å². The lowest BCUT2D eigenvalue weighted by Crippen LogP contribution is -2.44. The molecule has 1 saturated carbocycles. The van der Waals surface area contributed by atoms with Gasteiger partial charge in [0.25, 0.3) is 5.91 Å². The number of aromatic nitrogens is 1. The molecule has 0 saturated heterocycles. The van der Waals surface area contributed by atoms with Crippen LogP contribution in [-0.4, -0.2) is 28.5 Å². The summed E-state index contributed by atoms with van der Waals surface area (Å²) < 4.78 is 0. The lowest BCUT2D eigenvalue weighted by molar-refractivity contribution is -0.150. The number of nitrogens with zero attached hydrogens (tertiary/aromatic N) is 1. The number of nitrogens with one attached hydrogen (secondary N) is 1. The Labute approximate surface area is 135 Å². The first-order valence-electron chi connectivity index (χ1n) is 7.96. The Balaban J connectivity index is 2.03. The highest BCUT2D eigenvalue weighted by Crippen LogP contribution is 2.36. The molecular weight excluding hydrogens is 300 g/mol. The Morgan fingerprint density at radius 3 is 2.59 bits per heavy atom. The summed E-state index contributed by atoms with van der Waals surface area (Å²) in [5.74, 6) is -0.983. The number of carbonyl (C=O) groups excluding carboxylic acids is 1. The van der Waals surface area contributed by atoms with Gasteiger partial charge in [0.15, 0.2) is 0 Å². The molecule has 0 aromatic carbocycles. The standard InChI is InChI=1S/C16H24N2O3S/c1-3-7-12-18-11(2)13(22-12)14(19)17-10-16(15(20)21)8-5-4-6-9-16/h3-10H2,1-2H3,(H,17,19)(H,20,21). The summed E-state index contributed by atoms with van der Waals surface area (Å²) in [6.45, 7) is 4.12. The van der Waals surface area contributed by atoms with Crippen LogP contribution in [0.4, 0.5) is 0 Å². The second kappa shape index (κ2) is 7.22. The fraction of sp³-hybridized carbons (Fsp3) is 0.688. The van der Waals surface area contributed by atoms with Gasteiger partial charge in [-0.25, -0.2) is 4.98 Å². The van der Waals surface area contributed by atoms with E-state index in [1.807, 2.05) is 6.92 Å². The first-order valence-corrected chi connectivity index (χ1v) is 8.78. The average Bonchev–Trinajstić information content (AvgIpc) is 2.87. The van der Waals surface area contributed by atoms with Gasteiger partial charge in [-0.15, -0.1) is 11.3 Å². The normalized spacial score (nSPS) is 17.2. The van der Waals surface area contributed by atoms with Crippen LogP contribution in [0.3, 0.4) is 0 Å². The second-order valence-corrected chi connectivity index (χ2v) is 7.18. The van der Waals surface area contributed by atoms with Crippen molar-refractivity contribution in [1.82, 2.24) is 10.3 Å². The number of aliphatic carboxylic acids is 1. The molecule has 1 aliphatic carbocycles. The summed E-state index contributed by atoms with van der Waals surface area (Å²) in [6.07, 6.45) is 6.08. The largest absolute Gasteiger partial charge is 0.481 e. The van der Waals surface area contributed by atoms with Crippen LogP contribution in [0.2, 0.25) is 0 Å². The maximum Gasteiger partial charge on any atom is 0.311 e. The Hall–Kier alpha value is -1.43. The Kier molecular flexibility index (Phi) is 5.56. The van der Waals surface area contributed by atoms with E-state index in [9.17, 15) is 14.7 Å². The fourth-order valence-electron chi connectivity index (χ4n) is 3.01. The van der Waals surface area contributed by atoms with Crippen molar-refractivity contribution in [3.63, 3.8) is 0 Å². The van der Waals surface area contributed by atoms with Crippen molar-refractivity contribution in [2.24, 2.45) is 5.41 Å². The van der Waals surface area contributed by atoms with Crippen molar-refractivity contribution in [2.45, 2.75) is 58.8 Å². The molecule has 1 amide bonds. The van der Waals surface area contributed by atoms with Crippen LogP contribution < -0.4 is 5.32 Å². The Bertz CT molecular complexity index is 548. The number of carbonyl (C=O) groups is 2. The summed E-state index contributed by atoms with van der Waals surface area (Å²) >= 11 is 1.42. The maximum absolute atomic E-state index is 12.4. The summed E-state index contributed by atoms with van der Waals surface area (Å²) in [5, 5.41) is 13.3. The van der Waals surface area contributed by atoms with Gasteiger partial charge < -0.3 is 10.4 Å². The maximum atomic E-state index is 12.4. The van der Waals surface area contributed by atoms with Crippen molar-refractivity contribution >= 4 is 23.2 Å². The van der Waals surface area contributed by atoms with Gasteiger partial charge in [0.1, 0.15) is 4.88 Å². The third-order valence-electron chi connectivity index (χ3n) is 4.36. The highest BCUT2D eigenvalue weighted by molar-refractivity contribution is 7.13. The average molecular weight is 324 g/mol. The second-order valence-electron chi connectivity index (χ2n) is 6.10. The molecule has 0 spiro atoms. The van der Waals surface area contributed by atoms with Crippen molar-refractivity contribution in [1.29, 1.82) is 0 Å². The SMILES string of the molecule is CCCc1nc(C)c(C(=O)NCC2(C(=O)O)CCCCC2)s1. The van der Waals surface area contributed by atoms with Crippen LogP contribution in [0, 0.1) is 12.3 Å². The third-order valence-corrected chi connectivity index (χ3v) is 5.58. The summed E-state index contributed by atoms with van der Waals surface area (Å²) in [4.78, 5) is 29.0. The zero-order valence-corrected chi connectivity index (χ0v) is 14.1. The molecule has 2 N–H and O–H groups in total. The van der Waals surface area contributed by atoms with Crippen LogP contribution in [-0.2, 0) is 11.2 Å². The van der Waals surface area contributed by atoms with Gasteiger partial charge in [0, 0.05) is 6.54 Å². The van der Waals surface area contributed by atoms with Crippen LogP contribution in [0.1, 0.15) is 65.8 Å². The molecule has 1 heterocycles. The predicted octanol–water partition coefficient (Wildman–Crippen LogP) is 3.17. The van der Waals surface area contributed by atoms with Gasteiger partial charge in [-0.05, 0) is 32.6 Å². The van der Waals surface area contributed by atoms with E-state index in [1.165, 1.54) is 11.3 Å². The number of hydrogen-bond acceptors (Lipinski definition) is 4. The van der Waals surface area contributed by atoms with Crippen molar-refractivity contribution in [3.8, 4) is 0 Å². The Morgan fingerprint density at radius 1 is 1.32 bits per heavy atom. The lowest BCUT2D eigenvalue weighted by atomic mass is 9.74. The van der Waals surface area contributed by atoms with E-state index in [4.69, 9.17) is 0 Å². The summed E-state index contributed by atoms with van der Waals surface area (Å²) in [7, 11) is 0. The van der Waals surface area contributed by atoms with Crippen molar-refractivity contribution < 1.29 is 14.7 Å². The third kappa shape index (κ3) is 3.66. The lowest BCUT2D eigenvalue weighted by Gasteiger charge is -2.33. The molecule has 1 fully saturated rings. The molecule has 2 rings (SSSR count). The van der Waals surface area contributed by atoms with Gasteiger partial charge in [0.05, 0.1) is 16.1 Å². The molecule has 0 atom stereocenters. The van der Waals surface area contributed by atoms with Gasteiger partial charge in [-0.3, -0.25) is 9.59 Å². The minimum atomic E-state index is -0.793. The van der Waals surface area contributed by atoms with Crippen molar-refractivity contribution in [2.75, 3.05) is 6.54 Å². The minimum absolute atomic E-state index is 0.191.